The summed E-state index contributed by atoms with van der Waals surface area (Å²) in [7, 11) is -3.46. The summed E-state index contributed by atoms with van der Waals surface area (Å²) in [6, 6.07) is 5.14. The number of carbonyl (C=O) groups is 1. The molecule has 21 heavy (non-hydrogen) atoms. The second kappa shape index (κ2) is 6.15. The van der Waals surface area contributed by atoms with Gasteiger partial charge in [0.25, 0.3) is 0 Å². The third kappa shape index (κ3) is 2.96. The lowest BCUT2D eigenvalue weighted by atomic mass is 10.2. The molecular weight excluding hydrogens is 288 g/mol. The molecule has 0 saturated carbocycles. The van der Waals surface area contributed by atoms with Crippen molar-refractivity contribution in [2.75, 3.05) is 24.5 Å². The van der Waals surface area contributed by atoms with Crippen LogP contribution in [0, 0.1) is 6.92 Å². The third-order valence-electron chi connectivity index (χ3n) is 3.87. The Morgan fingerprint density at radius 3 is 2.38 bits per heavy atom. The number of amides is 1. The quantitative estimate of drug-likeness (QED) is 0.837. The van der Waals surface area contributed by atoms with E-state index in [1.807, 2.05) is 13.8 Å². The van der Waals surface area contributed by atoms with E-state index in [0.29, 0.717) is 36.5 Å². The van der Waals surface area contributed by atoms with Crippen LogP contribution < -0.4 is 4.90 Å². The number of aryl methyl sites for hydroxylation is 1. The van der Waals surface area contributed by atoms with Crippen molar-refractivity contribution in [3.05, 3.63) is 23.8 Å². The molecule has 0 aliphatic carbocycles. The third-order valence-corrected chi connectivity index (χ3v) is 6.08. The first kappa shape index (κ1) is 16.0. The van der Waals surface area contributed by atoms with Gasteiger partial charge in [-0.25, -0.2) is 8.42 Å². The smallest absolute Gasteiger partial charge is 0.243 e. The highest BCUT2D eigenvalue weighted by Crippen LogP contribution is 2.27. The molecule has 1 amide bonds. The molecule has 1 heterocycles. The second-order valence-electron chi connectivity index (χ2n) is 5.19. The van der Waals surface area contributed by atoms with Gasteiger partial charge in [0.2, 0.25) is 15.9 Å². The van der Waals surface area contributed by atoms with Crippen molar-refractivity contribution in [1.82, 2.24) is 4.31 Å². The highest BCUT2D eigenvalue weighted by molar-refractivity contribution is 7.89. The van der Waals surface area contributed by atoms with Crippen molar-refractivity contribution in [3.63, 3.8) is 0 Å². The highest BCUT2D eigenvalue weighted by atomic mass is 32.2. The monoisotopic (exact) mass is 310 g/mol. The van der Waals surface area contributed by atoms with Crippen molar-refractivity contribution < 1.29 is 13.2 Å². The van der Waals surface area contributed by atoms with Gasteiger partial charge in [-0.05, 0) is 37.1 Å². The molecule has 0 bridgehead atoms. The Morgan fingerprint density at radius 2 is 1.90 bits per heavy atom. The van der Waals surface area contributed by atoms with Gasteiger partial charge in [-0.3, -0.25) is 4.79 Å². The molecule has 5 nitrogen and oxygen atoms in total. The van der Waals surface area contributed by atoms with E-state index in [2.05, 4.69) is 0 Å². The number of carbonyl (C=O) groups excluding carboxylic acids is 1. The molecule has 6 heteroatoms. The van der Waals surface area contributed by atoms with Crippen molar-refractivity contribution in [3.8, 4) is 0 Å². The number of nitrogens with zero attached hydrogens (tertiary/aromatic N) is 2. The Labute approximate surface area is 126 Å². The number of rotatable bonds is 5. The van der Waals surface area contributed by atoms with E-state index >= 15 is 0 Å². The normalized spacial score (nSPS) is 16.0. The average molecular weight is 310 g/mol. The Balaban J connectivity index is 2.38. The zero-order valence-corrected chi connectivity index (χ0v) is 13.6. The summed E-state index contributed by atoms with van der Waals surface area (Å²) in [6.45, 7) is 7.04. The molecule has 0 radical (unpaired) electrons. The Hall–Kier alpha value is -1.40. The molecule has 0 atom stereocenters. The van der Waals surface area contributed by atoms with Gasteiger partial charge in [-0.2, -0.15) is 4.31 Å². The zero-order chi connectivity index (χ0) is 15.6. The fourth-order valence-electron chi connectivity index (χ4n) is 2.71. The number of hydrogen-bond acceptors (Lipinski definition) is 3. The first-order valence-corrected chi connectivity index (χ1v) is 8.77. The van der Waals surface area contributed by atoms with Crippen molar-refractivity contribution in [2.45, 2.75) is 38.5 Å². The van der Waals surface area contributed by atoms with Gasteiger partial charge in [0, 0.05) is 31.7 Å². The van der Waals surface area contributed by atoms with Gasteiger partial charge in [0.15, 0.2) is 0 Å². The summed E-state index contributed by atoms with van der Waals surface area (Å²) in [4.78, 5) is 13.8. The maximum absolute atomic E-state index is 12.6. The van der Waals surface area contributed by atoms with E-state index < -0.39 is 10.0 Å². The largest absolute Gasteiger partial charge is 0.312 e. The van der Waals surface area contributed by atoms with Gasteiger partial charge < -0.3 is 4.90 Å². The fourth-order valence-corrected chi connectivity index (χ4v) is 4.38. The van der Waals surface area contributed by atoms with Gasteiger partial charge in [0.1, 0.15) is 0 Å². The molecule has 2 rings (SSSR count). The Bertz CT molecular complexity index is 636. The van der Waals surface area contributed by atoms with Crippen LogP contribution in [-0.2, 0) is 14.8 Å². The van der Waals surface area contributed by atoms with Crippen LogP contribution in [0.2, 0.25) is 0 Å². The van der Waals surface area contributed by atoms with Crippen LogP contribution in [0.5, 0.6) is 0 Å². The number of hydrogen-bond donors (Lipinski definition) is 0. The summed E-state index contributed by atoms with van der Waals surface area (Å²) >= 11 is 0. The van der Waals surface area contributed by atoms with E-state index in [-0.39, 0.29) is 5.91 Å². The first-order valence-electron chi connectivity index (χ1n) is 7.33. The van der Waals surface area contributed by atoms with Crippen LogP contribution in [0.1, 0.15) is 32.3 Å². The van der Waals surface area contributed by atoms with E-state index in [1.165, 1.54) is 4.31 Å². The summed E-state index contributed by atoms with van der Waals surface area (Å²) in [5.74, 6) is 0.105. The Morgan fingerprint density at radius 1 is 1.24 bits per heavy atom. The molecule has 1 aliphatic rings. The molecule has 0 spiro atoms. The summed E-state index contributed by atoms with van der Waals surface area (Å²) in [6.07, 6.45) is 1.43. The predicted molar refractivity (Wildman–Crippen MR) is 82.9 cm³/mol. The topological polar surface area (TPSA) is 57.7 Å². The molecular formula is C15H22N2O3S. The van der Waals surface area contributed by atoms with Gasteiger partial charge in [-0.15, -0.1) is 0 Å². The molecule has 116 valence electrons. The maximum atomic E-state index is 12.6. The van der Waals surface area contributed by atoms with Crippen LogP contribution in [0.4, 0.5) is 5.69 Å². The van der Waals surface area contributed by atoms with E-state index in [4.69, 9.17) is 0 Å². The second-order valence-corrected chi connectivity index (χ2v) is 7.09. The Kier molecular flexibility index (Phi) is 4.68. The van der Waals surface area contributed by atoms with Crippen molar-refractivity contribution in [2.24, 2.45) is 0 Å². The minimum Gasteiger partial charge on any atom is -0.312 e. The van der Waals surface area contributed by atoms with Crippen molar-refractivity contribution >= 4 is 21.6 Å². The number of sulfonamides is 1. The highest BCUT2D eigenvalue weighted by Gasteiger charge is 2.26. The standard InChI is InChI=1S/C15H22N2O3S/c1-4-16(5-2)21(19,20)14-9-8-13(11-12(14)3)17-10-6-7-15(17)18/h8-9,11H,4-7,10H2,1-3H3. The number of benzene rings is 1. The van der Waals surface area contributed by atoms with Gasteiger partial charge in [-0.1, -0.05) is 13.8 Å². The van der Waals surface area contributed by atoms with Gasteiger partial charge in [0.05, 0.1) is 4.90 Å². The predicted octanol–water partition coefficient (Wildman–Crippen LogP) is 2.15. The van der Waals surface area contributed by atoms with E-state index in [9.17, 15) is 13.2 Å². The van der Waals surface area contributed by atoms with E-state index in [0.717, 1.165) is 12.1 Å². The molecule has 1 aliphatic heterocycles. The minimum atomic E-state index is -3.46. The van der Waals surface area contributed by atoms with Gasteiger partial charge >= 0.3 is 0 Å². The van der Waals surface area contributed by atoms with Crippen LogP contribution in [-0.4, -0.2) is 38.3 Å². The molecule has 1 aromatic rings. The molecule has 1 aromatic carbocycles. The lowest BCUT2D eigenvalue weighted by Gasteiger charge is -2.21. The first-order chi connectivity index (χ1) is 9.91. The van der Waals surface area contributed by atoms with Crippen molar-refractivity contribution in [1.29, 1.82) is 0 Å². The SMILES string of the molecule is CCN(CC)S(=O)(=O)c1ccc(N2CCCC2=O)cc1C. The molecule has 0 N–H and O–H groups in total. The molecule has 1 saturated heterocycles. The summed E-state index contributed by atoms with van der Waals surface area (Å²) < 4.78 is 26.6. The fraction of sp³-hybridized carbons (Fsp3) is 0.533. The van der Waals surface area contributed by atoms with Crippen LogP contribution in [0.15, 0.2) is 23.1 Å². The summed E-state index contributed by atoms with van der Waals surface area (Å²) in [5.41, 5.74) is 1.47. The summed E-state index contributed by atoms with van der Waals surface area (Å²) in [5, 5.41) is 0. The van der Waals surface area contributed by atoms with Crippen LogP contribution in [0.25, 0.3) is 0 Å². The zero-order valence-electron chi connectivity index (χ0n) is 12.8. The minimum absolute atomic E-state index is 0.105. The maximum Gasteiger partial charge on any atom is 0.243 e. The average Bonchev–Trinajstić information content (AvgIpc) is 2.85. The number of anilines is 1. The lowest BCUT2D eigenvalue weighted by Crippen LogP contribution is -2.31. The lowest BCUT2D eigenvalue weighted by molar-refractivity contribution is -0.117. The molecule has 0 unspecified atom stereocenters. The van der Waals surface area contributed by atoms with E-state index in [1.54, 1.807) is 30.0 Å². The molecule has 1 fully saturated rings. The van der Waals surface area contributed by atoms with Crippen LogP contribution >= 0.6 is 0 Å². The van der Waals surface area contributed by atoms with Crippen LogP contribution in [0.3, 0.4) is 0 Å². The molecule has 0 aromatic heterocycles.